The molecule has 1 saturated heterocycles. The topological polar surface area (TPSA) is 26.3 Å². The van der Waals surface area contributed by atoms with Crippen LogP contribution in [0.25, 0.3) is 0 Å². The van der Waals surface area contributed by atoms with Gasteiger partial charge in [-0.25, -0.2) is 0 Å². The molecule has 0 aromatic heterocycles. The fourth-order valence-electron chi connectivity index (χ4n) is 6.58. The Morgan fingerprint density at radius 3 is 2.75 bits per heavy atom. The van der Waals surface area contributed by atoms with Gasteiger partial charge in [0.15, 0.2) is 0 Å². The highest BCUT2D eigenvalue weighted by Crippen LogP contribution is 2.64. The van der Waals surface area contributed by atoms with Gasteiger partial charge in [-0.3, -0.25) is 4.79 Å². The minimum atomic E-state index is 0.0486. The molecule has 112 valence electrons. The van der Waals surface area contributed by atoms with E-state index < -0.39 is 0 Å². The number of hydrogen-bond acceptors (Lipinski definition) is 2. The molecule has 1 heterocycles. The van der Waals surface area contributed by atoms with Crippen molar-refractivity contribution in [1.82, 2.24) is 0 Å². The van der Waals surface area contributed by atoms with Crippen LogP contribution in [0.3, 0.4) is 0 Å². The van der Waals surface area contributed by atoms with E-state index in [0.29, 0.717) is 24.4 Å². The highest BCUT2D eigenvalue weighted by atomic mass is 16.5. The summed E-state index contributed by atoms with van der Waals surface area (Å²) >= 11 is 0. The summed E-state index contributed by atoms with van der Waals surface area (Å²) in [6, 6.07) is 0. The highest BCUT2D eigenvalue weighted by Gasteiger charge is 2.58. The standard InChI is InChI=1S/C18H28O2/c1-17-8-3-4-14(17)13-6-5-12-10-16(19)20-11-18(12,2)15(13)7-9-17/h12-15H,3-11H2,1-2H3. The first kappa shape index (κ1) is 13.2. The van der Waals surface area contributed by atoms with Crippen LogP contribution in [0.2, 0.25) is 0 Å². The lowest BCUT2D eigenvalue weighted by atomic mass is 9.47. The molecule has 4 rings (SSSR count). The molecule has 0 aromatic rings. The van der Waals surface area contributed by atoms with Gasteiger partial charge in [0.05, 0.1) is 6.61 Å². The van der Waals surface area contributed by atoms with Crippen molar-refractivity contribution in [3.63, 3.8) is 0 Å². The smallest absolute Gasteiger partial charge is 0.306 e. The lowest BCUT2D eigenvalue weighted by Gasteiger charge is -2.59. The summed E-state index contributed by atoms with van der Waals surface area (Å²) in [5.41, 5.74) is 0.913. The molecule has 0 amide bonds. The van der Waals surface area contributed by atoms with Crippen molar-refractivity contribution >= 4 is 5.97 Å². The summed E-state index contributed by atoms with van der Waals surface area (Å²) in [6.45, 7) is 5.68. The van der Waals surface area contributed by atoms with Gasteiger partial charge >= 0.3 is 5.97 Å². The highest BCUT2D eigenvalue weighted by molar-refractivity contribution is 5.70. The van der Waals surface area contributed by atoms with E-state index in [-0.39, 0.29) is 11.4 Å². The van der Waals surface area contributed by atoms with E-state index in [1.165, 1.54) is 44.9 Å². The molecule has 2 nitrogen and oxygen atoms in total. The Morgan fingerprint density at radius 1 is 1.05 bits per heavy atom. The number of fused-ring (bicyclic) bond motifs is 5. The molecule has 0 aromatic carbocycles. The Kier molecular flexibility index (Phi) is 2.79. The van der Waals surface area contributed by atoms with Crippen molar-refractivity contribution in [2.45, 2.75) is 65.2 Å². The van der Waals surface area contributed by atoms with E-state index >= 15 is 0 Å². The van der Waals surface area contributed by atoms with Gasteiger partial charge in [-0.05, 0) is 67.6 Å². The number of hydrogen-bond donors (Lipinski definition) is 0. The maximum atomic E-state index is 11.6. The molecule has 0 N–H and O–H groups in total. The van der Waals surface area contributed by atoms with Crippen molar-refractivity contribution in [1.29, 1.82) is 0 Å². The third-order valence-electron chi connectivity index (χ3n) is 7.80. The van der Waals surface area contributed by atoms with E-state index in [1.54, 1.807) is 0 Å². The Labute approximate surface area is 122 Å². The normalized spacial score (nSPS) is 54.6. The molecule has 0 bridgehead atoms. The molecule has 6 atom stereocenters. The fourth-order valence-corrected chi connectivity index (χ4v) is 6.58. The van der Waals surface area contributed by atoms with E-state index in [9.17, 15) is 4.79 Å². The van der Waals surface area contributed by atoms with E-state index in [0.717, 1.165) is 17.8 Å². The van der Waals surface area contributed by atoms with Crippen LogP contribution in [-0.2, 0) is 9.53 Å². The number of cyclic esters (lactones) is 1. The Hall–Kier alpha value is -0.530. The maximum Gasteiger partial charge on any atom is 0.306 e. The predicted octanol–water partition coefficient (Wildman–Crippen LogP) is 4.18. The minimum absolute atomic E-state index is 0.0486. The summed E-state index contributed by atoms with van der Waals surface area (Å²) in [5, 5.41) is 0. The quantitative estimate of drug-likeness (QED) is 0.620. The molecule has 4 fully saturated rings. The van der Waals surface area contributed by atoms with Gasteiger partial charge in [-0.15, -0.1) is 0 Å². The molecule has 6 unspecified atom stereocenters. The second-order valence-electron chi connectivity index (χ2n) is 8.61. The summed E-state index contributed by atoms with van der Waals surface area (Å²) in [7, 11) is 0. The van der Waals surface area contributed by atoms with Crippen LogP contribution >= 0.6 is 0 Å². The monoisotopic (exact) mass is 276 g/mol. The van der Waals surface area contributed by atoms with E-state index in [1.807, 2.05) is 0 Å². The Morgan fingerprint density at radius 2 is 1.90 bits per heavy atom. The average Bonchev–Trinajstić information content (AvgIpc) is 2.81. The van der Waals surface area contributed by atoms with Crippen LogP contribution in [0.15, 0.2) is 0 Å². The van der Waals surface area contributed by atoms with Gasteiger partial charge in [0.25, 0.3) is 0 Å². The molecular formula is C18H28O2. The molecule has 1 aliphatic heterocycles. The number of ether oxygens (including phenoxy) is 1. The zero-order chi connectivity index (χ0) is 14.0. The average molecular weight is 276 g/mol. The van der Waals surface area contributed by atoms with Crippen molar-refractivity contribution in [3.05, 3.63) is 0 Å². The molecular weight excluding hydrogens is 248 g/mol. The first-order valence-electron chi connectivity index (χ1n) is 8.69. The van der Waals surface area contributed by atoms with Crippen molar-refractivity contribution in [2.24, 2.45) is 34.5 Å². The van der Waals surface area contributed by atoms with Crippen molar-refractivity contribution in [3.8, 4) is 0 Å². The van der Waals surface area contributed by atoms with Gasteiger partial charge < -0.3 is 4.74 Å². The zero-order valence-corrected chi connectivity index (χ0v) is 13.0. The van der Waals surface area contributed by atoms with Crippen LogP contribution in [0.1, 0.15) is 65.2 Å². The Balaban J connectivity index is 1.64. The summed E-state index contributed by atoms with van der Waals surface area (Å²) in [4.78, 5) is 11.6. The lowest BCUT2D eigenvalue weighted by Crippen LogP contribution is -2.55. The second kappa shape index (κ2) is 4.24. The summed E-state index contributed by atoms with van der Waals surface area (Å²) in [5.74, 6) is 3.32. The first-order valence-corrected chi connectivity index (χ1v) is 8.69. The molecule has 2 heteroatoms. The van der Waals surface area contributed by atoms with Gasteiger partial charge in [-0.2, -0.15) is 0 Å². The lowest BCUT2D eigenvalue weighted by molar-refractivity contribution is -0.179. The molecule has 0 spiro atoms. The molecule has 20 heavy (non-hydrogen) atoms. The number of rotatable bonds is 0. The van der Waals surface area contributed by atoms with Crippen LogP contribution in [0, 0.1) is 34.5 Å². The predicted molar refractivity (Wildman–Crippen MR) is 78.1 cm³/mol. The summed E-state index contributed by atoms with van der Waals surface area (Å²) in [6.07, 6.45) is 10.5. The van der Waals surface area contributed by atoms with Crippen molar-refractivity contribution in [2.75, 3.05) is 6.61 Å². The Bertz CT molecular complexity index is 431. The largest absolute Gasteiger partial charge is 0.465 e. The van der Waals surface area contributed by atoms with Crippen LogP contribution in [0.4, 0.5) is 0 Å². The number of esters is 1. The number of carbonyl (C=O) groups excluding carboxylic acids is 1. The van der Waals surface area contributed by atoms with Gasteiger partial charge in [0.2, 0.25) is 0 Å². The van der Waals surface area contributed by atoms with Gasteiger partial charge in [0, 0.05) is 11.8 Å². The van der Waals surface area contributed by atoms with Crippen molar-refractivity contribution < 1.29 is 9.53 Å². The third-order valence-corrected chi connectivity index (χ3v) is 7.80. The molecule has 3 saturated carbocycles. The SMILES string of the molecule is CC12CCCC1C1CCC3CC(=O)OCC3(C)C1CC2. The molecule has 3 aliphatic carbocycles. The van der Waals surface area contributed by atoms with E-state index in [4.69, 9.17) is 4.74 Å². The third kappa shape index (κ3) is 1.66. The summed E-state index contributed by atoms with van der Waals surface area (Å²) < 4.78 is 5.50. The van der Waals surface area contributed by atoms with E-state index in [2.05, 4.69) is 13.8 Å². The van der Waals surface area contributed by atoms with Crippen LogP contribution in [0.5, 0.6) is 0 Å². The molecule has 0 radical (unpaired) electrons. The second-order valence-corrected chi connectivity index (χ2v) is 8.61. The van der Waals surface area contributed by atoms with Crippen LogP contribution < -0.4 is 0 Å². The zero-order valence-electron chi connectivity index (χ0n) is 13.0. The van der Waals surface area contributed by atoms with Gasteiger partial charge in [0.1, 0.15) is 0 Å². The van der Waals surface area contributed by atoms with Crippen LogP contribution in [-0.4, -0.2) is 12.6 Å². The minimum Gasteiger partial charge on any atom is -0.465 e. The fraction of sp³-hybridized carbons (Fsp3) is 0.944. The number of carbonyl (C=O) groups is 1. The maximum absolute atomic E-state index is 11.6. The first-order chi connectivity index (χ1) is 9.53. The van der Waals surface area contributed by atoms with Gasteiger partial charge in [-0.1, -0.05) is 20.3 Å². The molecule has 4 aliphatic rings.